The van der Waals surface area contributed by atoms with Gasteiger partial charge in [0.15, 0.2) is 0 Å². The van der Waals surface area contributed by atoms with E-state index in [1.54, 1.807) is 0 Å². The molecule has 1 saturated carbocycles. The second-order valence-electron chi connectivity index (χ2n) is 6.53. The Balaban J connectivity index is 0.00000208. The molecule has 1 fully saturated rings. The van der Waals surface area contributed by atoms with Gasteiger partial charge < -0.3 is 10.1 Å². The fraction of sp³-hybridized carbons (Fsp3) is 0.429. The summed E-state index contributed by atoms with van der Waals surface area (Å²) < 4.78 is 5.50. The van der Waals surface area contributed by atoms with Crippen LogP contribution in [0.2, 0.25) is 0 Å². The van der Waals surface area contributed by atoms with Gasteiger partial charge in [0, 0.05) is 18.5 Å². The largest absolute Gasteiger partial charge is 0.494 e. The van der Waals surface area contributed by atoms with Crippen molar-refractivity contribution in [1.82, 2.24) is 5.32 Å². The van der Waals surface area contributed by atoms with Crippen LogP contribution in [0.4, 0.5) is 0 Å². The Morgan fingerprint density at radius 3 is 2.25 bits per heavy atom. The van der Waals surface area contributed by atoms with Gasteiger partial charge in [-0.05, 0) is 43.0 Å². The van der Waals surface area contributed by atoms with Crippen molar-refractivity contribution >= 4 is 12.4 Å². The fourth-order valence-corrected chi connectivity index (χ4v) is 3.73. The Labute approximate surface area is 152 Å². The number of benzene rings is 2. The lowest BCUT2D eigenvalue weighted by Gasteiger charge is -2.30. The fourth-order valence-electron chi connectivity index (χ4n) is 3.73. The molecule has 24 heavy (non-hydrogen) atoms. The molecule has 0 heterocycles. The van der Waals surface area contributed by atoms with Gasteiger partial charge in [-0.3, -0.25) is 0 Å². The Bertz CT molecular complexity index is 591. The van der Waals surface area contributed by atoms with Crippen LogP contribution in [0.1, 0.15) is 43.7 Å². The molecule has 2 aromatic carbocycles. The first-order chi connectivity index (χ1) is 11.3. The monoisotopic (exact) mass is 345 g/mol. The Morgan fingerprint density at radius 1 is 0.958 bits per heavy atom. The SMILES string of the molecule is CCOc1ccc(CNCC2(c3ccccc3)CCCC2)cc1.Cl. The van der Waals surface area contributed by atoms with E-state index in [1.807, 2.05) is 6.92 Å². The lowest BCUT2D eigenvalue weighted by Crippen LogP contribution is -2.35. The van der Waals surface area contributed by atoms with E-state index in [9.17, 15) is 0 Å². The van der Waals surface area contributed by atoms with Crippen LogP contribution in [0.5, 0.6) is 5.75 Å². The topological polar surface area (TPSA) is 21.3 Å². The third kappa shape index (κ3) is 4.52. The highest BCUT2D eigenvalue weighted by Crippen LogP contribution is 2.40. The van der Waals surface area contributed by atoms with Crippen molar-refractivity contribution < 1.29 is 4.74 Å². The molecule has 3 rings (SSSR count). The highest BCUT2D eigenvalue weighted by atomic mass is 35.5. The molecule has 1 aliphatic carbocycles. The second kappa shape index (κ2) is 9.10. The van der Waals surface area contributed by atoms with Crippen LogP contribution in [-0.4, -0.2) is 13.2 Å². The highest BCUT2D eigenvalue weighted by molar-refractivity contribution is 5.85. The molecular weight excluding hydrogens is 318 g/mol. The molecule has 0 bridgehead atoms. The first kappa shape index (κ1) is 18.8. The van der Waals surface area contributed by atoms with Crippen LogP contribution in [0.25, 0.3) is 0 Å². The Hall–Kier alpha value is -1.51. The minimum atomic E-state index is 0. The van der Waals surface area contributed by atoms with Gasteiger partial charge in [-0.15, -0.1) is 12.4 Å². The summed E-state index contributed by atoms with van der Waals surface area (Å²) in [5, 5.41) is 3.69. The zero-order chi connectivity index (χ0) is 16.0. The van der Waals surface area contributed by atoms with E-state index in [2.05, 4.69) is 59.9 Å². The summed E-state index contributed by atoms with van der Waals surface area (Å²) in [6.45, 7) is 4.71. The molecule has 0 spiro atoms. The maximum Gasteiger partial charge on any atom is 0.119 e. The molecule has 1 N–H and O–H groups in total. The lowest BCUT2D eigenvalue weighted by atomic mass is 9.79. The van der Waals surface area contributed by atoms with Crippen LogP contribution in [-0.2, 0) is 12.0 Å². The van der Waals surface area contributed by atoms with Gasteiger partial charge in [0.05, 0.1) is 6.61 Å². The maximum absolute atomic E-state index is 5.50. The van der Waals surface area contributed by atoms with Crippen molar-refractivity contribution in [3.05, 3.63) is 65.7 Å². The molecule has 0 atom stereocenters. The summed E-state index contributed by atoms with van der Waals surface area (Å²) in [7, 11) is 0. The molecule has 2 aromatic rings. The van der Waals surface area contributed by atoms with Crippen molar-refractivity contribution in [2.45, 2.75) is 44.6 Å². The van der Waals surface area contributed by atoms with Gasteiger partial charge >= 0.3 is 0 Å². The highest BCUT2D eigenvalue weighted by Gasteiger charge is 2.34. The average molecular weight is 346 g/mol. The molecule has 3 heteroatoms. The molecule has 0 radical (unpaired) electrons. The van der Waals surface area contributed by atoms with Crippen LogP contribution in [0.15, 0.2) is 54.6 Å². The number of halogens is 1. The van der Waals surface area contributed by atoms with Crippen molar-refractivity contribution in [2.24, 2.45) is 0 Å². The second-order valence-corrected chi connectivity index (χ2v) is 6.53. The lowest BCUT2D eigenvalue weighted by molar-refractivity contribution is 0.340. The molecule has 1 aliphatic rings. The predicted octanol–water partition coefficient (Wildman–Crippen LogP) is 5.11. The van der Waals surface area contributed by atoms with Crippen LogP contribution < -0.4 is 10.1 Å². The summed E-state index contributed by atoms with van der Waals surface area (Å²) in [4.78, 5) is 0. The summed E-state index contributed by atoms with van der Waals surface area (Å²) in [6.07, 6.45) is 5.29. The molecular formula is C21H28ClNO. The van der Waals surface area contributed by atoms with Crippen LogP contribution in [0.3, 0.4) is 0 Å². The van der Waals surface area contributed by atoms with Crippen LogP contribution in [0, 0.1) is 0 Å². The van der Waals surface area contributed by atoms with E-state index >= 15 is 0 Å². The number of hydrogen-bond donors (Lipinski definition) is 1. The number of nitrogens with one attached hydrogen (secondary N) is 1. The van der Waals surface area contributed by atoms with Crippen molar-refractivity contribution in [3.63, 3.8) is 0 Å². The zero-order valence-electron chi connectivity index (χ0n) is 14.5. The smallest absolute Gasteiger partial charge is 0.119 e. The Morgan fingerprint density at radius 2 is 1.62 bits per heavy atom. The van der Waals surface area contributed by atoms with E-state index in [-0.39, 0.29) is 12.4 Å². The molecule has 0 unspecified atom stereocenters. The van der Waals surface area contributed by atoms with E-state index in [0.717, 1.165) is 25.4 Å². The standard InChI is InChI=1S/C21H27NO.ClH/c1-2-23-20-12-10-18(11-13-20)16-22-17-21(14-6-7-15-21)19-8-4-3-5-9-19;/h3-5,8-13,22H,2,6-7,14-17H2,1H3;1H. The molecule has 0 amide bonds. The summed E-state index contributed by atoms with van der Waals surface area (Å²) in [5.74, 6) is 0.952. The number of hydrogen-bond acceptors (Lipinski definition) is 2. The summed E-state index contributed by atoms with van der Waals surface area (Å²) in [6, 6.07) is 19.5. The number of rotatable bonds is 7. The van der Waals surface area contributed by atoms with Gasteiger partial charge in [0.25, 0.3) is 0 Å². The van der Waals surface area contributed by atoms with Crippen molar-refractivity contribution in [1.29, 1.82) is 0 Å². The summed E-state index contributed by atoms with van der Waals surface area (Å²) in [5.41, 5.74) is 3.14. The molecule has 0 saturated heterocycles. The average Bonchev–Trinajstić information content (AvgIpc) is 3.08. The first-order valence-electron chi connectivity index (χ1n) is 8.80. The third-order valence-corrected chi connectivity index (χ3v) is 4.97. The van der Waals surface area contributed by atoms with Gasteiger partial charge in [0.2, 0.25) is 0 Å². The van der Waals surface area contributed by atoms with Gasteiger partial charge in [-0.2, -0.15) is 0 Å². The van der Waals surface area contributed by atoms with Gasteiger partial charge in [0.1, 0.15) is 5.75 Å². The minimum Gasteiger partial charge on any atom is -0.494 e. The number of ether oxygens (including phenoxy) is 1. The van der Waals surface area contributed by atoms with Gasteiger partial charge in [-0.25, -0.2) is 0 Å². The van der Waals surface area contributed by atoms with E-state index < -0.39 is 0 Å². The van der Waals surface area contributed by atoms with Crippen molar-refractivity contribution in [2.75, 3.05) is 13.2 Å². The molecule has 2 nitrogen and oxygen atoms in total. The van der Waals surface area contributed by atoms with Gasteiger partial charge in [-0.1, -0.05) is 55.3 Å². The summed E-state index contributed by atoms with van der Waals surface area (Å²) >= 11 is 0. The normalized spacial score (nSPS) is 15.7. The van der Waals surface area contributed by atoms with E-state index in [1.165, 1.54) is 36.8 Å². The van der Waals surface area contributed by atoms with Crippen molar-refractivity contribution in [3.8, 4) is 5.75 Å². The zero-order valence-corrected chi connectivity index (χ0v) is 15.3. The predicted molar refractivity (Wildman–Crippen MR) is 103 cm³/mol. The van der Waals surface area contributed by atoms with E-state index in [0.29, 0.717) is 5.41 Å². The Kier molecular flexibility index (Phi) is 7.14. The molecule has 0 aromatic heterocycles. The quantitative estimate of drug-likeness (QED) is 0.753. The first-order valence-corrected chi connectivity index (χ1v) is 8.80. The minimum absolute atomic E-state index is 0. The van der Waals surface area contributed by atoms with E-state index in [4.69, 9.17) is 4.74 Å². The maximum atomic E-state index is 5.50. The third-order valence-electron chi connectivity index (χ3n) is 4.97. The van der Waals surface area contributed by atoms with Crippen LogP contribution >= 0.6 is 12.4 Å². The molecule has 130 valence electrons. The molecule has 0 aliphatic heterocycles.